The quantitative estimate of drug-likeness (QED) is 0.195. The number of Topliss-reactive ketones (excluding diaryl/α,β-unsaturated/α-hetero) is 1. The van der Waals surface area contributed by atoms with E-state index < -0.39 is 47.0 Å². The molecule has 2 spiro atoms. The number of aliphatic hydroxyl groups is 2. The molecule has 0 radical (unpaired) electrons. The Morgan fingerprint density at radius 2 is 1.54 bits per heavy atom. The minimum Gasteiger partial charge on any atom is -0.507 e. The van der Waals surface area contributed by atoms with Crippen molar-refractivity contribution in [1.29, 1.82) is 0 Å². The van der Waals surface area contributed by atoms with Gasteiger partial charge in [0, 0.05) is 82.0 Å². The van der Waals surface area contributed by atoms with Crippen molar-refractivity contribution in [3.05, 3.63) is 58.0 Å². The molecule has 7 aliphatic rings. The monoisotopic (exact) mass is 985 g/mol. The van der Waals surface area contributed by atoms with Crippen LogP contribution in [-0.2, 0) is 14.3 Å². The Bertz CT molecular complexity index is 2550. The standard InChI is InChI=1S/C54H76N6O9.CH4O/c1-31(2)30-59-24-20-54(21-25-59)56-41-38-39-45(62)37(8)48-40(38)49(64)52(9,69-48)67-28-12-15-33(4)47(68-51(66)60-26-18-53(19-27-60)16-22-58(10)23-17-53)36(7)44(61)35(6)29-32(3)13-11-14-34(5)50(65)55-43(46(39)63)42(41)57-54;1-2/h11-14,28,31-33,35-36,44,47,61-63H,15-27,29-30H2,1-10H3,(H,55,65);2H,1H3/b13-11+,28-12+,34-14-;/t32?,33-,35-,36-,44?,47?,52?;/m1./s1. The number of aliphatic hydroxyl groups excluding tert-OH is 2. The van der Waals surface area contributed by atoms with Crippen LogP contribution in [0.1, 0.15) is 123 Å². The third-order valence-corrected chi connectivity index (χ3v) is 16.3. The topological polar surface area (TPSA) is 206 Å². The van der Waals surface area contributed by atoms with Gasteiger partial charge in [0.2, 0.25) is 0 Å². The Labute approximate surface area is 419 Å². The summed E-state index contributed by atoms with van der Waals surface area (Å²) in [5, 5.41) is 46.6. The van der Waals surface area contributed by atoms with E-state index in [4.69, 9.17) is 29.3 Å². The summed E-state index contributed by atoms with van der Waals surface area (Å²) in [6, 6.07) is 0. The first kappa shape index (κ1) is 53.8. The lowest BCUT2D eigenvalue weighted by atomic mass is 9.71. The minimum atomic E-state index is -1.87. The number of phenolic OH excluding ortho intramolecular Hbond substituents is 2. The number of benzene rings is 2. The van der Waals surface area contributed by atoms with Gasteiger partial charge in [-0.15, -0.1) is 0 Å². The molecule has 7 heterocycles. The fraction of sp³-hybridized carbons (Fsp3) is 0.655. The summed E-state index contributed by atoms with van der Waals surface area (Å²) in [6.07, 6.45) is 13.2. The average Bonchev–Trinajstić information content (AvgIpc) is 3.84. The number of carbonyl (C=O) groups excluding carboxylic acids is 3. The lowest BCUT2D eigenvalue weighted by Gasteiger charge is -2.46. The van der Waals surface area contributed by atoms with E-state index in [-0.39, 0.29) is 79.1 Å². The first-order valence-electron chi connectivity index (χ1n) is 25.9. The third kappa shape index (κ3) is 10.9. The fourth-order valence-corrected chi connectivity index (χ4v) is 11.7. The number of carbonyl (C=O) groups is 3. The highest BCUT2D eigenvalue weighted by molar-refractivity contribution is 6.19. The molecular formula is C55H80N6O10. The van der Waals surface area contributed by atoms with Crippen molar-refractivity contribution >= 4 is 34.2 Å². The predicted octanol–water partition coefficient (Wildman–Crippen LogP) is 7.14. The van der Waals surface area contributed by atoms with Crippen LogP contribution in [0.4, 0.5) is 10.5 Å². The number of allylic oxidation sites excluding steroid dienone is 4. The Kier molecular flexibility index (Phi) is 16.3. The summed E-state index contributed by atoms with van der Waals surface area (Å²) < 4.78 is 19.0. The molecule has 390 valence electrons. The van der Waals surface area contributed by atoms with E-state index in [0.29, 0.717) is 50.3 Å². The number of nitrogens with zero attached hydrogens (tertiary/aromatic N) is 5. The highest BCUT2D eigenvalue weighted by atomic mass is 16.7. The molecule has 0 aromatic heterocycles. The highest BCUT2D eigenvalue weighted by Gasteiger charge is 2.50. The van der Waals surface area contributed by atoms with Crippen LogP contribution in [-0.4, -0.2) is 137 Å². The first-order valence-corrected chi connectivity index (χ1v) is 25.9. The summed E-state index contributed by atoms with van der Waals surface area (Å²) >= 11 is 0. The number of aromatic hydroxyl groups is 2. The van der Waals surface area contributed by atoms with Crippen molar-refractivity contribution in [3.63, 3.8) is 0 Å². The molecule has 7 aliphatic heterocycles. The van der Waals surface area contributed by atoms with Gasteiger partial charge in [-0.25, -0.2) is 4.79 Å². The second-order valence-corrected chi connectivity index (χ2v) is 22.2. The molecule has 16 heteroatoms. The van der Waals surface area contributed by atoms with Crippen LogP contribution in [0.3, 0.4) is 0 Å². The van der Waals surface area contributed by atoms with Crippen molar-refractivity contribution in [2.45, 2.75) is 137 Å². The van der Waals surface area contributed by atoms with E-state index in [1.54, 1.807) is 26.0 Å². The van der Waals surface area contributed by atoms with E-state index in [0.717, 1.165) is 65.5 Å². The summed E-state index contributed by atoms with van der Waals surface area (Å²) in [4.78, 5) is 59.9. The van der Waals surface area contributed by atoms with Crippen molar-refractivity contribution in [1.82, 2.24) is 14.7 Å². The molecule has 3 fully saturated rings. The van der Waals surface area contributed by atoms with Gasteiger partial charge >= 0.3 is 11.9 Å². The van der Waals surface area contributed by atoms with Gasteiger partial charge in [-0.3, -0.25) is 19.6 Å². The normalized spacial score (nSPS) is 30.8. The second-order valence-electron chi connectivity index (χ2n) is 22.2. The van der Waals surface area contributed by atoms with Crippen molar-refractivity contribution in [2.24, 2.45) is 45.0 Å². The number of likely N-dealkylation sites (tertiary alicyclic amines) is 3. The van der Waals surface area contributed by atoms with E-state index >= 15 is 0 Å². The molecular weight excluding hydrogens is 905 g/mol. The third-order valence-electron chi connectivity index (χ3n) is 16.3. The summed E-state index contributed by atoms with van der Waals surface area (Å²) in [5.41, 5.74) is -0.00631. The molecule has 2 aromatic rings. The van der Waals surface area contributed by atoms with Gasteiger partial charge in [0.15, 0.2) is 11.4 Å². The number of hydrogen-bond acceptors (Lipinski definition) is 14. The number of rotatable bonds is 3. The zero-order valence-corrected chi connectivity index (χ0v) is 44.0. The van der Waals surface area contributed by atoms with Crippen molar-refractivity contribution in [2.75, 3.05) is 65.3 Å². The van der Waals surface area contributed by atoms with Gasteiger partial charge in [0.1, 0.15) is 28.6 Å². The molecule has 71 heavy (non-hydrogen) atoms. The Morgan fingerprint density at radius 3 is 2.18 bits per heavy atom. The molecule has 16 nitrogen and oxygen atoms in total. The number of nitrogens with one attached hydrogen (secondary N) is 1. The maximum absolute atomic E-state index is 14.8. The van der Waals surface area contributed by atoms with E-state index in [1.807, 2.05) is 37.8 Å². The number of hydrogen-bond donors (Lipinski definition) is 5. The SMILES string of the molecule is C/C1=C/C=C/C(C)C[C@@H](C)C(O)[C@@H](C)C(OC(=O)N2CCC3(CCN(C)CC3)CC2)[C@H](C)C/C=C/OC2(C)Oc3c(C)c(O)c4c(O)c(c5c(c4c3C2=O)=NC2(CCN(CC(C)C)CC2)N=5)NC1=O.CO. The van der Waals surface area contributed by atoms with Gasteiger partial charge in [-0.2, -0.15) is 0 Å². The zero-order chi connectivity index (χ0) is 51.7. The number of ether oxygens (including phenoxy) is 3. The highest BCUT2D eigenvalue weighted by Crippen LogP contribution is 2.50. The number of amides is 2. The molecule has 9 rings (SSSR count). The number of phenols is 2. The molecule has 4 unspecified atom stereocenters. The van der Waals surface area contributed by atoms with Gasteiger partial charge in [-0.1, -0.05) is 59.8 Å². The van der Waals surface area contributed by atoms with Gasteiger partial charge in [-0.05, 0) is 108 Å². The molecule has 7 atom stereocenters. The van der Waals surface area contributed by atoms with Crippen LogP contribution < -0.4 is 20.8 Å². The summed E-state index contributed by atoms with van der Waals surface area (Å²) in [7, 11) is 3.16. The second kappa shape index (κ2) is 21.6. The molecule has 5 N–H and O–H groups in total. The molecule has 0 aliphatic carbocycles. The Morgan fingerprint density at radius 1 is 0.901 bits per heavy atom. The summed E-state index contributed by atoms with van der Waals surface area (Å²) in [6.45, 7) is 23.0. The number of fused-ring (bicyclic) bond motifs is 13. The maximum Gasteiger partial charge on any atom is 0.410 e. The molecule has 2 amide bonds. The molecule has 0 saturated carbocycles. The number of piperidine rings is 3. The first-order chi connectivity index (χ1) is 33.6. The lowest BCUT2D eigenvalue weighted by molar-refractivity contribution is -0.112. The molecule has 5 bridgehead atoms. The number of anilines is 1. The molecule has 2 aromatic carbocycles. The Balaban J connectivity index is 0.00000366. The van der Waals surface area contributed by atoms with E-state index in [2.05, 4.69) is 42.9 Å². The average molecular weight is 985 g/mol. The largest absolute Gasteiger partial charge is 0.507 e. The van der Waals surface area contributed by atoms with Crippen LogP contribution >= 0.6 is 0 Å². The van der Waals surface area contributed by atoms with Crippen molar-refractivity contribution < 1.29 is 49.0 Å². The molecule has 3 saturated heterocycles. The van der Waals surface area contributed by atoms with Gasteiger partial charge < -0.3 is 54.7 Å². The van der Waals surface area contributed by atoms with Crippen LogP contribution in [0.2, 0.25) is 0 Å². The van der Waals surface area contributed by atoms with E-state index in [9.17, 15) is 29.7 Å². The van der Waals surface area contributed by atoms with Crippen LogP contribution in [0.15, 0.2) is 46.1 Å². The lowest BCUT2D eigenvalue weighted by Crippen LogP contribution is -2.49. The van der Waals surface area contributed by atoms with Gasteiger partial charge in [0.05, 0.1) is 28.7 Å². The Hall–Kier alpha value is -5.03. The summed E-state index contributed by atoms with van der Waals surface area (Å²) in [5.74, 6) is -3.93. The maximum atomic E-state index is 14.8. The van der Waals surface area contributed by atoms with Crippen LogP contribution in [0, 0.1) is 41.9 Å². The van der Waals surface area contributed by atoms with Crippen LogP contribution in [0.5, 0.6) is 17.2 Å². The van der Waals surface area contributed by atoms with E-state index in [1.165, 1.54) is 13.2 Å². The van der Waals surface area contributed by atoms with Crippen molar-refractivity contribution in [3.8, 4) is 17.2 Å². The minimum absolute atomic E-state index is 0.00209. The number of ketones is 1. The smallest absolute Gasteiger partial charge is 0.410 e. The van der Waals surface area contributed by atoms with Gasteiger partial charge in [0.25, 0.3) is 11.7 Å². The predicted molar refractivity (Wildman–Crippen MR) is 273 cm³/mol. The fourth-order valence-electron chi connectivity index (χ4n) is 11.7. The van der Waals surface area contributed by atoms with Crippen LogP contribution in [0.25, 0.3) is 10.8 Å². The zero-order valence-electron chi connectivity index (χ0n) is 44.0.